The van der Waals surface area contributed by atoms with E-state index in [2.05, 4.69) is 15.5 Å². The molecule has 0 unspecified atom stereocenters. The molecule has 0 aliphatic heterocycles. The van der Waals surface area contributed by atoms with Crippen LogP contribution in [0.15, 0.2) is 47.8 Å². The highest BCUT2D eigenvalue weighted by molar-refractivity contribution is 5.94. The number of hydrazone groups is 1. The van der Waals surface area contributed by atoms with Gasteiger partial charge in [-0.3, -0.25) is 9.78 Å². The number of nitrogens with one attached hydrogen (secondary N) is 1. The molecule has 0 spiro atoms. The van der Waals surface area contributed by atoms with Crippen LogP contribution in [0.4, 0.5) is 0 Å². The summed E-state index contributed by atoms with van der Waals surface area (Å²) in [6.45, 7) is 0. The fourth-order valence-corrected chi connectivity index (χ4v) is 1.74. The van der Waals surface area contributed by atoms with Crippen molar-refractivity contribution in [1.29, 1.82) is 0 Å². The zero-order valence-electron chi connectivity index (χ0n) is 11.7. The van der Waals surface area contributed by atoms with E-state index in [1.54, 1.807) is 44.7 Å². The molecule has 0 fully saturated rings. The molecule has 1 N–H and O–H groups in total. The van der Waals surface area contributed by atoms with E-state index < -0.39 is 0 Å². The van der Waals surface area contributed by atoms with Crippen LogP contribution in [0.5, 0.6) is 11.5 Å². The molecule has 1 heterocycles. The highest BCUT2D eigenvalue weighted by Crippen LogP contribution is 2.29. The van der Waals surface area contributed by atoms with Crippen LogP contribution in [-0.2, 0) is 0 Å². The average Bonchev–Trinajstić information content (AvgIpc) is 2.55. The summed E-state index contributed by atoms with van der Waals surface area (Å²) >= 11 is 0. The first kappa shape index (κ1) is 14.5. The van der Waals surface area contributed by atoms with Gasteiger partial charge in [0.05, 0.1) is 26.0 Å². The van der Waals surface area contributed by atoms with Crippen molar-refractivity contribution in [2.45, 2.75) is 0 Å². The fraction of sp³-hybridized carbons (Fsp3) is 0.133. The Morgan fingerprint density at radius 2 is 2.10 bits per heavy atom. The molecule has 0 aliphatic carbocycles. The Hall–Kier alpha value is -2.89. The van der Waals surface area contributed by atoms with Crippen molar-refractivity contribution in [2.24, 2.45) is 5.10 Å². The van der Waals surface area contributed by atoms with Crippen LogP contribution in [0.2, 0.25) is 0 Å². The van der Waals surface area contributed by atoms with Crippen molar-refractivity contribution in [3.8, 4) is 11.5 Å². The van der Waals surface area contributed by atoms with Crippen molar-refractivity contribution >= 4 is 12.1 Å². The number of carbonyl (C=O) groups excluding carboxylic acids is 1. The van der Waals surface area contributed by atoms with Gasteiger partial charge in [-0.05, 0) is 24.3 Å². The first-order valence-corrected chi connectivity index (χ1v) is 6.20. The highest BCUT2D eigenvalue weighted by Gasteiger charge is 2.07. The first-order chi connectivity index (χ1) is 10.3. The van der Waals surface area contributed by atoms with Gasteiger partial charge in [0.2, 0.25) is 0 Å². The van der Waals surface area contributed by atoms with Gasteiger partial charge in [0.15, 0.2) is 11.5 Å². The number of ether oxygens (including phenoxy) is 2. The van der Waals surface area contributed by atoms with Gasteiger partial charge in [-0.2, -0.15) is 5.10 Å². The first-order valence-electron chi connectivity index (χ1n) is 6.20. The lowest BCUT2D eigenvalue weighted by molar-refractivity contribution is 0.0955. The maximum Gasteiger partial charge on any atom is 0.272 e. The largest absolute Gasteiger partial charge is 0.493 e. The second kappa shape index (κ2) is 7.04. The smallest absolute Gasteiger partial charge is 0.272 e. The van der Waals surface area contributed by atoms with E-state index in [0.29, 0.717) is 22.6 Å². The number of pyridine rings is 1. The maximum atomic E-state index is 11.8. The molecule has 2 rings (SSSR count). The molecule has 0 bridgehead atoms. The van der Waals surface area contributed by atoms with Crippen molar-refractivity contribution in [2.75, 3.05) is 14.2 Å². The van der Waals surface area contributed by atoms with Gasteiger partial charge in [0.1, 0.15) is 0 Å². The summed E-state index contributed by atoms with van der Waals surface area (Å²) in [6.07, 6.45) is 4.56. The summed E-state index contributed by atoms with van der Waals surface area (Å²) in [5.41, 5.74) is 3.57. The monoisotopic (exact) mass is 285 g/mol. The minimum Gasteiger partial charge on any atom is -0.493 e. The zero-order chi connectivity index (χ0) is 15.1. The van der Waals surface area contributed by atoms with E-state index in [4.69, 9.17) is 9.47 Å². The number of nitrogens with zero attached hydrogens (tertiary/aromatic N) is 2. The number of hydrogen-bond acceptors (Lipinski definition) is 5. The van der Waals surface area contributed by atoms with Crippen molar-refractivity contribution < 1.29 is 14.3 Å². The minimum absolute atomic E-state index is 0.332. The van der Waals surface area contributed by atoms with Crippen LogP contribution in [-0.4, -0.2) is 31.3 Å². The molecule has 6 nitrogen and oxygen atoms in total. The Kier molecular flexibility index (Phi) is 4.87. The van der Waals surface area contributed by atoms with Gasteiger partial charge in [0.25, 0.3) is 5.91 Å². The summed E-state index contributed by atoms with van der Waals surface area (Å²) in [5.74, 6) is 0.820. The van der Waals surface area contributed by atoms with E-state index in [1.807, 2.05) is 6.07 Å². The van der Waals surface area contributed by atoms with E-state index in [1.165, 1.54) is 12.4 Å². The van der Waals surface area contributed by atoms with Crippen molar-refractivity contribution in [1.82, 2.24) is 10.4 Å². The number of carbonyl (C=O) groups is 1. The predicted octanol–water partition coefficient (Wildman–Crippen LogP) is 1.86. The summed E-state index contributed by atoms with van der Waals surface area (Å²) in [7, 11) is 3.10. The van der Waals surface area contributed by atoms with Crippen LogP contribution in [0.1, 0.15) is 15.9 Å². The Balaban J connectivity index is 2.10. The molecular weight excluding hydrogens is 270 g/mol. The van der Waals surface area contributed by atoms with Crippen LogP contribution in [0, 0.1) is 0 Å². The third-order valence-electron chi connectivity index (χ3n) is 2.73. The summed E-state index contributed by atoms with van der Waals surface area (Å²) in [5, 5.41) is 3.91. The Labute approximate surface area is 122 Å². The molecule has 1 amide bonds. The molecule has 0 aliphatic rings. The third kappa shape index (κ3) is 3.56. The lowest BCUT2D eigenvalue weighted by Crippen LogP contribution is -2.17. The predicted molar refractivity (Wildman–Crippen MR) is 78.8 cm³/mol. The Morgan fingerprint density at radius 3 is 2.76 bits per heavy atom. The fourth-order valence-electron chi connectivity index (χ4n) is 1.74. The number of rotatable bonds is 5. The number of aromatic nitrogens is 1. The van der Waals surface area contributed by atoms with E-state index in [9.17, 15) is 4.79 Å². The minimum atomic E-state index is -0.332. The third-order valence-corrected chi connectivity index (χ3v) is 2.73. The number of methoxy groups -OCH3 is 2. The molecule has 2 aromatic rings. The lowest BCUT2D eigenvalue weighted by Gasteiger charge is -2.09. The standard InChI is InChI=1S/C15H15N3O3/c1-20-13-7-3-5-11(14(13)21-2)10-17-18-15(19)12-6-4-8-16-9-12/h3-10H,1-2H3,(H,18,19)/b17-10-. The number of hydrogen-bond donors (Lipinski definition) is 1. The van der Waals surface area contributed by atoms with Crippen LogP contribution < -0.4 is 14.9 Å². The van der Waals surface area contributed by atoms with Gasteiger partial charge in [-0.15, -0.1) is 0 Å². The second-order valence-corrected chi connectivity index (χ2v) is 4.02. The molecule has 1 aromatic carbocycles. The van der Waals surface area contributed by atoms with Gasteiger partial charge in [-0.25, -0.2) is 5.43 Å². The van der Waals surface area contributed by atoms with Gasteiger partial charge < -0.3 is 9.47 Å². The van der Waals surface area contributed by atoms with E-state index in [-0.39, 0.29) is 5.91 Å². The molecule has 108 valence electrons. The van der Waals surface area contributed by atoms with Gasteiger partial charge in [-0.1, -0.05) is 6.07 Å². The van der Waals surface area contributed by atoms with Crippen molar-refractivity contribution in [3.63, 3.8) is 0 Å². The quantitative estimate of drug-likeness (QED) is 0.672. The summed E-state index contributed by atoms with van der Waals surface area (Å²) < 4.78 is 10.5. The molecule has 0 atom stereocenters. The molecule has 21 heavy (non-hydrogen) atoms. The van der Waals surface area contributed by atoms with Crippen LogP contribution in [0.25, 0.3) is 0 Å². The molecular formula is C15H15N3O3. The van der Waals surface area contributed by atoms with Crippen LogP contribution in [0.3, 0.4) is 0 Å². The SMILES string of the molecule is COc1cccc(/C=N\NC(=O)c2cccnc2)c1OC. The van der Waals surface area contributed by atoms with E-state index >= 15 is 0 Å². The summed E-state index contributed by atoms with van der Waals surface area (Å²) in [4.78, 5) is 15.7. The Bertz CT molecular complexity index is 642. The second-order valence-electron chi connectivity index (χ2n) is 4.02. The lowest BCUT2D eigenvalue weighted by atomic mass is 10.2. The molecule has 0 radical (unpaired) electrons. The Morgan fingerprint density at radius 1 is 1.24 bits per heavy atom. The molecule has 0 saturated carbocycles. The highest BCUT2D eigenvalue weighted by atomic mass is 16.5. The number of amides is 1. The van der Waals surface area contributed by atoms with Crippen molar-refractivity contribution in [3.05, 3.63) is 53.9 Å². The van der Waals surface area contributed by atoms with Crippen LogP contribution >= 0.6 is 0 Å². The molecule has 0 saturated heterocycles. The van der Waals surface area contributed by atoms with E-state index in [0.717, 1.165) is 0 Å². The normalized spacial score (nSPS) is 10.4. The average molecular weight is 285 g/mol. The molecule has 6 heteroatoms. The number of para-hydroxylation sites is 1. The number of benzene rings is 1. The maximum absolute atomic E-state index is 11.8. The van der Waals surface area contributed by atoms with Gasteiger partial charge in [0, 0.05) is 18.0 Å². The zero-order valence-corrected chi connectivity index (χ0v) is 11.7. The van der Waals surface area contributed by atoms with Gasteiger partial charge >= 0.3 is 0 Å². The molecule has 1 aromatic heterocycles. The topological polar surface area (TPSA) is 72.8 Å². The summed E-state index contributed by atoms with van der Waals surface area (Å²) in [6, 6.07) is 8.74.